The van der Waals surface area contributed by atoms with Crippen molar-refractivity contribution in [2.45, 2.75) is 31.1 Å². The molecule has 0 amide bonds. The number of alkyl halides is 6. The van der Waals surface area contributed by atoms with Gasteiger partial charge < -0.3 is 0 Å². The van der Waals surface area contributed by atoms with E-state index >= 15 is 0 Å². The van der Waals surface area contributed by atoms with E-state index in [2.05, 4.69) is 16.1 Å². The van der Waals surface area contributed by atoms with Crippen molar-refractivity contribution in [3.05, 3.63) is 138 Å². The molecule has 13 heteroatoms. The number of rotatable bonds is 5. The van der Waals surface area contributed by atoms with Gasteiger partial charge in [-0.05, 0) is 78.4 Å². The van der Waals surface area contributed by atoms with E-state index in [1.807, 2.05) is 19.1 Å². The summed E-state index contributed by atoms with van der Waals surface area (Å²) < 4.78 is 93.7. The standard InChI is InChI=1S/C18H14ClF3N2OS.C17H13F3N2/c1-12-8-9-13(10-16(12)26(2,19)25)15-11-17(18(20,21)22)23-24(15)14-6-4-3-5-7-14;1-12-7-9-13(10-8-12)15-11-16(17(18,19)20)22(21-15)14-5-3-2-4-6-14/h3-11H,2H2,1H3;2-11H,1H3. The average molecular weight is 701 g/mol. The Balaban J connectivity index is 0.000000190. The molecule has 0 aliphatic carbocycles. The average Bonchev–Trinajstić information content (AvgIpc) is 3.69. The number of hydrogen-bond donors (Lipinski definition) is 0. The van der Waals surface area contributed by atoms with Crippen molar-refractivity contribution in [1.82, 2.24) is 19.6 Å². The number of benzene rings is 4. The Kier molecular flexibility index (Phi) is 9.61. The third kappa shape index (κ3) is 7.83. The highest BCUT2D eigenvalue weighted by atomic mass is 35.7. The summed E-state index contributed by atoms with van der Waals surface area (Å²) in [6, 6.07) is 30.8. The lowest BCUT2D eigenvalue weighted by Crippen LogP contribution is -2.13. The Hall–Kier alpha value is -4.81. The molecule has 0 aliphatic rings. The molecule has 0 saturated carbocycles. The van der Waals surface area contributed by atoms with Crippen molar-refractivity contribution >= 4 is 25.3 Å². The maximum absolute atomic E-state index is 13.3. The summed E-state index contributed by atoms with van der Waals surface area (Å²) in [5.41, 5.74) is 2.33. The van der Waals surface area contributed by atoms with Crippen LogP contribution in [-0.2, 0) is 21.1 Å². The Bertz CT molecular complexity index is 2140. The highest BCUT2D eigenvalue weighted by molar-refractivity contribution is 8.21. The Morgan fingerprint density at radius 2 is 1.21 bits per heavy atom. The van der Waals surface area contributed by atoms with Gasteiger partial charge in [-0.1, -0.05) is 78.4 Å². The van der Waals surface area contributed by atoms with Gasteiger partial charge in [0.2, 0.25) is 0 Å². The Labute approximate surface area is 277 Å². The molecule has 4 aromatic carbocycles. The highest BCUT2D eigenvalue weighted by Crippen LogP contribution is 2.36. The first-order valence-electron chi connectivity index (χ1n) is 14.2. The molecule has 0 aliphatic heterocycles. The minimum atomic E-state index is -4.59. The smallest absolute Gasteiger partial charge is 0.248 e. The molecule has 6 rings (SSSR count). The molecule has 0 saturated heterocycles. The number of aromatic nitrogens is 4. The van der Waals surface area contributed by atoms with Crippen LogP contribution in [-0.4, -0.2) is 29.6 Å². The lowest BCUT2D eigenvalue weighted by Gasteiger charge is -2.11. The van der Waals surface area contributed by atoms with Crippen LogP contribution in [0.2, 0.25) is 0 Å². The summed E-state index contributed by atoms with van der Waals surface area (Å²) in [5.74, 6) is 3.45. The lowest BCUT2D eigenvalue weighted by atomic mass is 10.1. The van der Waals surface area contributed by atoms with Crippen LogP contribution < -0.4 is 0 Å². The van der Waals surface area contributed by atoms with Crippen LogP contribution >= 0.6 is 10.7 Å². The first kappa shape index (κ1) is 34.5. The second-order valence-corrected chi connectivity index (χ2v) is 13.9. The van der Waals surface area contributed by atoms with E-state index in [4.69, 9.17) is 10.7 Å². The van der Waals surface area contributed by atoms with Crippen LogP contribution in [0.15, 0.2) is 120 Å². The van der Waals surface area contributed by atoms with Crippen LogP contribution in [0.5, 0.6) is 0 Å². The fraction of sp³-hybridized carbons (Fsp3) is 0.114. The van der Waals surface area contributed by atoms with Gasteiger partial charge >= 0.3 is 12.4 Å². The summed E-state index contributed by atoms with van der Waals surface area (Å²) >= 11 is 0. The van der Waals surface area contributed by atoms with Crippen molar-refractivity contribution in [1.29, 1.82) is 0 Å². The van der Waals surface area contributed by atoms with Gasteiger partial charge in [-0.25, -0.2) is 13.6 Å². The van der Waals surface area contributed by atoms with E-state index in [-0.39, 0.29) is 10.6 Å². The molecule has 5 nitrogen and oxygen atoms in total. The predicted octanol–water partition coefficient (Wildman–Crippen LogP) is 9.96. The molecule has 0 N–H and O–H groups in total. The molecule has 0 spiro atoms. The maximum Gasteiger partial charge on any atom is 0.435 e. The van der Waals surface area contributed by atoms with Gasteiger partial charge in [0.1, 0.15) is 5.69 Å². The van der Waals surface area contributed by atoms with Crippen LogP contribution in [0.1, 0.15) is 22.5 Å². The third-order valence-electron chi connectivity index (χ3n) is 7.16. The van der Waals surface area contributed by atoms with Crippen LogP contribution in [0, 0.1) is 13.8 Å². The summed E-state index contributed by atoms with van der Waals surface area (Å²) in [6.07, 6.45) is -9.06. The van der Waals surface area contributed by atoms with E-state index in [1.54, 1.807) is 91.9 Å². The molecule has 0 bridgehead atoms. The van der Waals surface area contributed by atoms with Gasteiger partial charge in [-0.2, -0.15) is 36.5 Å². The van der Waals surface area contributed by atoms with E-state index in [0.29, 0.717) is 33.8 Å². The zero-order chi connectivity index (χ0) is 34.9. The topological polar surface area (TPSA) is 52.7 Å². The lowest BCUT2D eigenvalue weighted by molar-refractivity contribution is -0.143. The maximum atomic E-state index is 13.3. The van der Waals surface area contributed by atoms with Gasteiger partial charge in [0.05, 0.1) is 31.5 Å². The first-order chi connectivity index (χ1) is 22.5. The fourth-order valence-corrected chi connectivity index (χ4v) is 6.14. The molecule has 1 atom stereocenters. The van der Waals surface area contributed by atoms with Crippen molar-refractivity contribution in [3.8, 4) is 33.9 Å². The fourth-order valence-electron chi connectivity index (χ4n) is 4.79. The molecule has 6 aromatic rings. The van der Waals surface area contributed by atoms with Gasteiger partial charge in [0.25, 0.3) is 0 Å². The number of para-hydroxylation sites is 2. The molecule has 0 radical (unpaired) electrons. The zero-order valence-electron chi connectivity index (χ0n) is 25.4. The number of nitrogens with zero attached hydrogens (tertiary/aromatic N) is 4. The zero-order valence-corrected chi connectivity index (χ0v) is 27.0. The first-order valence-corrected chi connectivity index (χ1v) is 16.8. The van der Waals surface area contributed by atoms with Crippen molar-refractivity contribution in [2.24, 2.45) is 0 Å². The minimum absolute atomic E-state index is 0.213. The van der Waals surface area contributed by atoms with Gasteiger partial charge in [0, 0.05) is 16.0 Å². The van der Waals surface area contributed by atoms with Crippen LogP contribution in [0.4, 0.5) is 26.3 Å². The summed E-state index contributed by atoms with van der Waals surface area (Å²) in [5, 5.41) is 7.86. The van der Waals surface area contributed by atoms with E-state index < -0.39 is 32.5 Å². The summed E-state index contributed by atoms with van der Waals surface area (Å²) in [6.45, 7) is 3.63. The largest absolute Gasteiger partial charge is 0.435 e. The third-order valence-corrected chi connectivity index (χ3v) is 8.76. The second-order valence-electron chi connectivity index (χ2n) is 10.8. The van der Waals surface area contributed by atoms with Gasteiger partial charge in [-0.3, -0.25) is 0 Å². The Morgan fingerprint density at radius 1 is 0.667 bits per heavy atom. The molecule has 1 unspecified atom stereocenters. The van der Waals surface area contributed by atoms with E-state index in [0.717, 1.165) is 22.4 Å². The normalized spacial score (nSPS) is 13.0. The number of aryl methyl sites for hydroxylation is 2. The second kappa shape index (κ2) is 13.4. The van der Waals surface area contributed by atoms with Gasteiger partial charge in [0.15, 0.2) is 5.69 Å². The SMILES string of the molecule is C=S(=O)(Cl)c1cc(-c2cc(C(F)(F)F)nn2-c2ccccc2)ccc1C.Cc1ccc(-c2cc(C(F)(F)F)n(-c3ccccc3)n2)cc1. The Morgan fingerprint density at radius 3 is 1.73 bits per heavy atom. The number of hydrogen-bond acceptors (Lipinski definition) is 3. The highest BCUT2D eigenvalue weighted by Gasteiger charge is 2.37. The van der Waals surface area contributed by atoms with Crippen molar-refractivity contribution in [2.75, 3.05) is 0 Å². The molecule has 2 heterocycles. The molecule has 48 heavy (non-hydrogen) atoms. The number of halogens is 7. The quantitative estimate of drug-likeness (QED) is 0.102. The molecular formula is C35H27ClF6N4OS. The molecular weight excluding hydrogens is 674 g/mol. The predicted molar refractivity (Wildman–Crippen MR) is 177 cm³/mol. The van der Waals surface area contributed by atoms with Gasteiger partial charge in [-0.15, -0.1) is 0 Å². The monoisotopic (exact) mass is 700 g/mol. The van der Waals surface area contributed by atoms with Crippen LogP contribution in [0.3, 0.4) is 0 Å². The van der Waals surface area contributed by atoms with Crippen molar-refractivity contribution < 1.29 is 30.6 Å². The molecule has 0 fully saturated rings. The van der Waals surface area contributed by atoms with E-state index in [1.165, 1.54) is 10.7 Å². The van der Waals surface area contributed by atoms with Crippen molar-refractivity contribution in [3.63, 3.8) is 0 Å². The van der Waals surface area contributed by atoms with E-state index in [9.17, 15) is 30.6 Å². The van der Waals surface area contributed by atoms with Crippen LogP contribution in [0.25, 0.3) is 33.9 Å². The molecule has 248 valence electrons. The summed E-state index contributed by atoms with van der Waals surface area (Å²) in [4.78, 5) is 0.283. The minimum Gasteiger partial charge on any atom is -0.248 e. The molecule has 2 aromatic heterocycles. The summed E-state index contributed by atoms with van der Waals surface area (Å²) in [7, 11) is 2.83.